The number of aromatic nitrogens is 2. The van der Waals surface area contributed by atoms with E-state index < -0.39 is 0 Å². The predicted octanol–water partition coefficient (Wildman–Crippen LogP) is 2.58. The van der Waals surface area contributed by atoms with Crippen molar-refractivity contribution in [2.45, 2.75) is 32.9 Å². The van der Waals surface area contributed by atoms with Gasteiger partial charge in [0.05, 0.1) is 19.9 Å². The maximum Gasteiger partial charge on any atom is 0.225 e. The van der Waals surface area contributed by atoms with Gasteiger partial charge in [-0.3, -0.25) is 9.80 Å². The molecule has 0 atom stereocenters. The summed E-state index contributed by atoms with van der Waals surface area (Å²) >= 11 is 0. The van der Waals surface area contributed by atoms with Crippen molar-refractivity contribution in [2.24, 2.45) is 0 Å². The molecule has 4 rings (SSSR count). The Balaban J connectivity index is 1.39. The summed E-state index contributed by atoms with van der Waals surface area (Å²) in [5.41, 5.74) is 3.61. The summed E-state index contributed by atoms with van der Waals surface area (Å²) < 4.78 is 10.9. The number of anilines is 1. The lowest BCUT2D eigenvalue weighted by atomic mass is 10.1. The van der Waals surface area contributed by atoms with Gasteiger partial charge in [0.1, 0.15) is 11.5 Å². The van der Waals surface area contributed by atoms with E-state index in [1.54, 1.807) is 14.2 Å². The van der Waals surface area contributed by atoms with Gasteiger partial charge in [-0.15, -0.1) is 0 Å². The Kier molecular flexibility index (Phi) is 6.69. The molecule has 2 aromatic rings. The number of benzene rings is 1. The highest BCUT2D eigenvalue weighted by atomic mass is 16.5. The molecule has 1 saturated heterocycles. The summed E-state index contributed by atoms with van der Waals surface area (Å²) in [5, 5.41) is 0. The number of fused-ring (bicyclic) bond motifs is 1. The maximum absolute atomic E-state index is 5.56. The normalized spacial score (nSPS) is 17.6. The second-order valence-electron chi connectivity index (χ2n) is 8.11. The minimum absolute atomic E-state index is 0.816. The Bertz CT molecular complexity index is 851. The van der Waals surface area contributed by atoms with Crippen molar-refractivity contribution in [1.29, 1.82) is 0 Å². The predicted molar refractivity (Wildman–Crippen MR) is 118 cm³/mol. The monoisotopic (exact) mass is 411 g/mol. The van der Waals surface area contributed by atoms with Crippen molar-refractivity contribution in [3.63, 3.8) is 0 Å². The van der Waals surface area contributed by atoms with Crippen LogP contribution < -0.4 is 14.4 Å². The molecule has 7 nitrogen and oxygen atoms in total. The zero-order valence-electron chi connectivity index (χ0n) is 18.4. The Labute approximate surface area is 179 Å². The largest absolute Gasteiger partial charge is 0.497 e. The van der Waals surface area contributed by atoms with Crippen LogP contribution in [-0.2, 0) is 19.5 Å². The van der Waals surface area contributed by atoms with Crippen molar-refractivity contribution in [3.05, 3.63) is 41.2 Å². The highest BCUT2D eigenvalue weighted by Crippen LogP contribution is 2.28. The molecule has 0 radical (unpaired) electrons. The van der Waals surface area contributed by atoms with E-state index in [1.165, 1.54) is 29.8 Å². The third-order valence-corrected chi connectivity index (χ3v) is 6.08. The molecule has 0 aliphatic carbocycles. The van der Waals surface area contributed by atoms with Gasteiger partial charge in [-0.05, 0) is 19.0 Å². The molecular formula is C23H33N5O2. The van der Waals surface area contributed by atoms with Gasteiger partial charge >= 0.3 is 0 Å². The first kappa shape index (κ1) is 20.9. The Morgan fingerprint density at radius 3 is 2.57 bits per heavy atom. The number of rotatable bonds is 7. The summed E-state index contributed by atoms with van der Waals surface area (Å²) in [5.74, 6) is 2.58. The molecule has 2 aliphatic heterocycles. The standard InChI is InChI=1S/C23H33N5O2/c1-4-8-26-10-12-28(13-11-26)23-24-15-19-17-27(9-7-21(19)25-23)16-18-5-6-20(29-2)14-22(18)30-3/h5-6,14-15H,4,7-13,16-17H2,1-3H3. The molecule has 0 bridgehead atoms. The van der Waals surface area contributed by atoms with Crippen LogP contribution in [0.3, 0.4) is 0 Å². The fourth-order valence-electron chi connectivity index (χ4n) is 4.36. The number of piperazine rings is 1. The minimum atomic E-state index is 0.816. The van der Waals surface area contributed by atoms with Gasteiger partial charge in [0, 0.05) is 75.6 Å². The third kappa shape index (κ3) is 4.68. The van der Waals surface area contributed by atoms with Crippen molar-refractivity contribution in [3.8, 4) is 11.5 Å². The van der Waals surface area contributed by atoms with Gasteiger partial charge in [0.2, 0.25) is 5.95 Å². The molecule has 30 heavy (non-hydrogen) atoms. The quantitative estimate of drug-likeness (QED) is 0.694. The SMILES string of the molecule is CCCN1CCN(c2ncc3c(n2)CCN(Cc2ccc(OC)cc2OC)C3)CC1. The number of methoxy groups -OCH3 is 2. The van der Waals surface area contributed by atoms with Crippen LogP contribution in [-0.4, -0.2) is 73.3 Å². The van der Waals surface area contributed by atoms with Gasteiger partial charge < -0.3 is 14.4 Å². The van der Waals surface area contributed by atoms with Crippen molar-refractivity contribution in [2.75, 3.05) is 58.4 Å². The van der Waals surface area contributed by atoms with Gasteiger partial charge in [-0.1, -0.05) is 13.0 Å². The smallest absolute Gasteiger partial charge is 0.225 e. The van der Waals surface area contributed by atoms with Crippen LogP contribution in [0.4, 0.5) is 5.95 Å². The molecule has 0 amide bonds. The van der Waals surface area contributed by atoms with Gasteiger partial charge in [0.15, 0.2) is 0 Å². The van der Waals surface area contributed by atoms with Gasteiger partial charge in [-0.25, -0.2) is 9.97 Å². The number of hydrogen-bond donors (Lipinski definition) is 0. The average Bonchev–Trinajstić information content (AvgIpc) is 2.79. The summed E-state index contributed by atoms with van der Waals surface area (Å²) in [4.78, 5) is 16.9. The third-order valence-electron chi connectivity index (χ3n) is 6.08. The molecule has 1 aromatic heterocycles. The molecule has 3 heterocycles. The molecule has 0 spiro atoms. The molecule has 1 aromatic carbocycles. The second-order valence-corrected chi connectivity index (χ2v) is 8.11. The minimum Gasteiger partial charge on any atom is -0.497 e. The molecular weight excluding hydrogens is 378 g/mol. The van der Waals surface area contributed by atoms with Crippen LogP contribution in [0.2, 0.25) is 0 Å². The van der Waals surface area contributed by atoms with Crippen molar-refractivity contribution >= 4 is 5.95 Å². The summed E-state index contributed by atoms with van der Waals surface area (Å²) in [7, 11) is 3.39. The molecule has 0 N–H and O–H groups in total. The Hall–Kier alpha value is -2.38. The molecule has 0 saturated carbocycles. The lowest BCUT2D eigenvalue weighted by Gasteiger charge is -2.35. The first-order valence-corrected chi connectivity index (χ1v) is 11.0. The molecule has 7 heteroatoms. The number of hydrogen-bond acceptors (Lipinski definition) is 7. The molecule has 0 unspecified atom stereocenters. The summed E-state index contributed by atoms with van der Waals surface area (Å²) in [6.07, 6.45) is 4.21. The Morgan fingerprint density at radius 2 is 1.83 bits per heavy atom. The Morgan fingerprint density at radius 1 is 1.00 bits per heavy atom. The maximum atomic E-state index is 5.56. The summed E-state index contributed by atoms with van der Waals surface area (Å²) in [6.45, 7) is 10.4. The zero-order chi connectivity index (χ0) is 20.9. The second kappa shape index (κ2) is 9.62. The topological polar surface area (TPSA) is 54.0 Å². The van der Waals surface area contributed by atoms with E-state index in [0.717, 1.165) is 69.7 Å². The van der Waals surface area contributed by atoms with Gasteiger partial charge in [-0.2, -0.15) is 0 Å². The van der Waals surface area contributed by atoms with Gasteiger partial charge in [0.25, 0.3) is 0 Å². The molecule has 2 aliphatic rings. The van der Waals surface area contributed by atoms with Crippen molar-refractivity contribution < 1.29 is 9.47 Å². The number of nitrogens with zero attached hydrogens (tertiary/aromatic N) is 5. The first-order chi connectivity index (χ1) is 14.7. The van der Waals surface area contributed by atoms with Crippen LogP contribution in [0, 0.1) is 0 Å². The lowest BCUT2D eigenvalue weighted by Crippen LogP contribution is -2.47. The summed E-state index contributed by atoms with van der Waals surface area (Å²) in [6, 6.07) is 6.03. The zero-order valence-corrected chi connectivity index (χ0v) is 18.4. The van der Waals surface area contributed by atoms with E-state index in [9.17, 15) is 0 Å². The van der Waals surface area contributed by atoms with Crippen LogP contribution in [0.15, 0.2) is 24.4 Å². The first-order valence-electron chi connectivity index (χ1n) is 11.0. The van der Waals surface area contributed by atoms with Crippen LogP contribution >= 0.6 is 0 Å². The van der Waals surface area contributed by atoms with E-state index in [0.29, 0.717) is 0 Å². The van der Waals surface area contributed by atoms with E-state index in [2.05, 4.69) is 27.7 Å². The molecule has 1 fully saturated rings. The van der Waals surface area contributed by atoms with E-state index >= 15 is 0 Å². The lowest BCUT2D eigenvalue weighted by molar-refractivity contribution is 0.238. The highest BCUT2D eigenvalue weighted by molar-refractivity contribution is 5.41. The van der Waals surface area contributed by atoms with Crippen LogP contribution in [0.5, 0.6) is 11.5 Å². The highest BCUT2D eigenvalue weighted by Gasteiger charge is 2.23. The van der Waals surface area contributed by atoms with E-state index in [4.69, 9.17) is 19.4 Å². The van der Waals surface area contributed by atoms with Crippen LogP contribution in [0.25, 0.3) is 0 Å². The molecule has 162 valence electrons. The van der Waals surface area contributed by atoms with E-state index in [1.807, 2.05) is 18.3 Å². The fraction of sp³-hybridized carbons (Fsp3) is 0.565. The fourth-order valence-corrected chi connectivity index (χ4v) is 4.36. The van der Waals surface area contributed by atoms with Crippen LogP contribution in [0.1, 0.15) is 30.2 Å². The number of ether oxygens (including phenoxy) is 2. The average molecular weight is 412 g/mol. The van der Waals surface area contributed by atoms with Crippen molar-refractivity contribution in [1.82, 2.24) is 19.8 Å². The van der Waals surface area contributed by atoms with E-state index in [-0.39, 0.29) is 0 Å².